The standard InChI is InChI=1S/C9H17N3O2S/c1-6(2)12-7(9(3,4)13)5-8(11-12)15(10)14/h5-6,13H,10H2,1-4H3. The van der Waals surface area contributed by atoms with Crippen LogP contribution in [-0.4, -0.2) is 19.1 Å². The molecule has 86 valence electrons. The number of aromatic nitrogens is 2. The molecule has 0 saturated heterocycles. The number of hydrogen-bond donors (Lipinski definition) is 2. The fraction of sp³-hybridized carbons (Fsp3) is 0.667. The van der Waals surface area contributed by atoms with E-state index in [9.17, 15) is 9.32 Å². The Bertz CT molecular complexity index is 379. The Hall–Kier alpha value is -0.720. The van der Waals surface area contributed by atoms with Gasteiger partial charge in [0.25, 0.3) is 0 Å². The lowest BCUT2D eigenvalue weighted by Gasteiger charge is -2.20. The fourth-order valence-corrected chi connectivity index (χ4v) is 1.72. The Morgan fingerprint density at radius 1 is 1.60 bits per heavy atom. The number of aliphatic hydroxyl groups is 1. The summed E-state index contributed by atoms with van der Waals surface area (Å²) < 4.78 is 12.7. The molecule has 0 radical (unpaired) electrons. The molecule has 0 aliphatic carbocycles. The second kappa shape index (κ2) is 4.03. The van der Waals surface area contributed by atoms with Gasteiger partial charge in [0.05, 0.1) is 5.69 Å². The van der Waals surface area contributed by atoms with Gasteiger partial charge in [-0.15, -0.1) is 0 Å². The molecule has 1 unspecified atom stereocenters. The van der Waals surface area contributed by atoms with E-state index >= 15 is 0 Å². The van der Waals surface area contributed by atoms with Gasteiger partial charge in [-0.3, -0.25) is 4.68 Å². The highest BCUT2D eigenvalue weighted by atomic mass is 32.2. The van der Waals surface area contributed by atoms with Crippen molar-refractivity contribution in [1.82, 2.24) is 9.78 Å². The SMILES string of the molecule is CC(C)n1nc(S(N)=O)cc1C(C)(C)O. The topological polar surface area (TPSA) is 81.1 Å². The maximum atomic E-state index is 11.1. The van der Waals surface area contributed by atoms with E-state index in [1.165, 1.54) is 0 Å². The predicted molar refractivity (Wildman–Crippen MR) is 58.5 cm³/mol. The third-order valence-electron chi connectivity index (χ3n) is 2.04. The fourth-order valence-electron chi connectivity index (χ4n) is 1.32. The van der Waals surface area contributed by atoms with Crippen LogP contribution in [0.5, 0.6) is 0 Å². The van der Waals surface area contributed by atoms with Crippen LogP contribution in [0.1, 0.15) is 39.4 Å². The summed E-state index contributed by atoms with van der Waals surface area (Å²) in [5.41, 5.74) is -0.402. The van der Waals surface area contributed by atoms with Crippen molar-refractivity contribution in [2.75, 3.05) is 0 Å². The first-order valence-electron chi connectivity index (χ1n) is 4.72. The summed E-state index contributed by atoms with van der Waals surface area (Å²) in [5, 5.41) is 19.6. The Labute approximate surface area is 91.9 Å². The molecule has 1 atom stereocenters. The van der Waals surface area contributed by atoms with Crippen molar-refractivity contribution in [2.45, 2.75) is 44.4 Å². The van der Waals surface area contributed by atoms with E-state index in [-0.39, 0.29) is 6.04 Å². The molecule has 1 rings (SSSR count). The molecule has 0 amide bonds. The van der Waals surface area contributed by atoms with Crippen LogP contribution in [0.15, 0.2) is 11.1 Å². The number of nitrogens with zero attached hydrogens (tertiary/aromatic N) is 2. The van der Waals surface area contributed by atoms with E-state index in [1.807, 2.05) is 13.8 Å². The first kappa shape index (κ1) is 12.4. The van der Waals surface area contributed by atoms with E-state index in [0.29, 0.717) is 10.7 Å². The van der Waals surface area contributed by atoms with Gasteiger partial charge in [-0.25, -0.2) is 9.35 Å². The normalized spacial score (nSPS) is 14.6. The average molecular weight is 231 g/mol. The summed E-state index contributed by atoms with van der Waals surface area (Å²) in [6.45, 7) is 7.19. The van der Waals surface area contributed by atoms with Crippen molar-refractivity contribution in [3.63, 3.8) is 0 Å². The molecule has 0 aliphatic heterocycles. The largest absolute Gasteiger partial charge is 0.384 e. The van der Waals surface area contributed by atoms with Crippen molar-refractivity contribution < 1.29 is 9.32 Å². The Balaban J connectivity index is 3.30. The maximum absolute atomic E-state index is 11.1. The van der Waals surface area contributed by atoms with Crippen LogP contribution in [0.2, 0.25) is 0 Å². The Kier molecular flexibility index (Phi) is 3.32. The summed E-state index contributed by atoms with van der Waals surface area (Å²) in [7, 11) is -1.61. The lowest BCUT2D eigenvalue weighted by Crippen LogP contribution is -2.22. The van der Waals surface area contributed by atoms with Gasteiger partial charge in [-0.1, -0.05) is 0 Å². The van der Waals surface area contributed by atoms with Crippen LogP contribution in [0, 0.1) is 0 Å². The number of rotatable bonds is 3. The van der Waals surface area contributed by atoms with Gasteiger partial charge in [0.2, 0.25) is 0 Å². The minimum Gasteiger partial charge on any atom is -0.384 e. The smallest absolute Gasteiger partial charge is 0.164 e. The number of nitrogens with two attached hydrogens (primary N) is 1. The van der Waals surface area contributed by atoms with Gasteiger partial charge < -0.3 is 5.11 Å². The van der Waals surface area contributed by atoms with Gasteiger partial charge in [-0.05, 0) is 27.7 Å². The average Bonchev–Trinajstić information content (AvgIpc) is 2.45. The molecular weight excluding hydrogens is 214 g/mol. The molecule has 1 aromatic heterocycles. The zero-order valence-corrected chi connectivity index (χ0v) is 10.2. The highest BCUT2D eigenvalue weighted by Gasteiger charge is 2.25. The van der Waals surface area contributed by atoms with Crippen LogP contribution >= 0.6 is 0 Å². The molecule has 0 saturated carbocycles. The molecule has 0 bridgehead atoms. The van der Waals surface area contributed by atoms with Gasteiger partial charge in [-0.2, -0.15) is 5.10 Å². The molecule has 1 heterocycles. The van der Waals surface area contributed by atoms with E-state index in [4.69, 9.17) is 5.14 Å². The Morgan fingerprint density at radius 3 is 2.40 bits per heavy atom. The lowest BCUT2D eigenvalue weighted by molar-refractivity contribution is 0.0669. The van der Waals surface area contributed by atoms with Crippen LogP contribution in [0.4, 0.5) is 0 Å². The highest BCUT2D eigenvalue weighted by molar-refractivity contribution is 7.82. The van der Waals surface area contributed by atoms with Crippen LogP contribution < -0.4 is 5.14 Å². The molecular formula is C9H17N3O2S. The minimum absolute atomic E-state index is 0.0868. The van der Waals surface area contributed by atoms with Crippen molar-refractivity contribution >= 4 is 11.0 Å². The number of hydrogen-bond acceptors (Lipinski definition) is 3. The van der Waals surface area contributed by atoms with Crippen LogP contribution in [0.3, 0.4) is 0 Å². The highest BCUT2D eigenvalue weighted by Crippen LogP contribution is 2.24. The lowest BCUT2D eigenvalue weighted by atomic mass is 10.1. The first-order chi connectivity index (χ1) is 6.73. The molecule has 1 aromatic rings. The van der Waals surface area contributed by atoms with Crippen LogP contribution in [-0.2, 0) is 16.6 Å². The quantitative estimate of drug-likeness (QED) is 0.802. The summed E-state index contributed by atoms with van der Waals surface area (Å²) in [6.07, 6.45) is 0. The van der Waals surface area contributed by atoms with Crippen molar-refractivity contribution in [2.24, 2.45) is 5.14 Å². The molecule has 5 nitrogen and oxygen atoms in total. The van der Waals surface area contributed by atoms with E-state index in [2.05, 4.69) is 5.10 Å². The van der Waals surface area contributed by atoms with Crippen molar-refractivity contribution in [3.05, 3.63) is 11.8 Å². The van der Waals surface area contributed by atoms with Gasteiger partial charge >= 0.3 is 0 Å². The zero-order chi connectivity index (χ0) is 11.8. The molecule has 0 spiro atoms. The molecule has 0 fully saturated rings. The molecule has 0 aromatic carbocycles. The molecule has 0 aliphatic rings. The zero-order valence-electron chi connectivity index (χ0n) is 9.39. The van der Waals surface area contributed by atoms with Crippen molar-refractivity contribution in [3.8, 4) is 0 Å². The van der Waals surface area contributed by atoms with E-state index in [0.717, 1.165) is 0 Å². The summed E-state index contributed by atoms with van der Waals surface area (Å²) in [4.78, 5) is 0. The molecule has 15 heavy (non-hydrogen) atoms. The van der Waals surface area contributed by atoms with Crippen LogP contribution in [0.25, 0.3) is 0 Å². The Morgan fingerprint density at radius 2 is 2.13 bits per heavy atom. The van der Waals surface area contributed by atoms with Gasteiger partial charge in [0, 0.05) is 12.1 Å². The second-order valence-electron chi connectivity index (χ2n) is 4.26. The first-order valence-corrected chi connectivity index (χ1v) is 5.93. The minimum atomic E-state index is -1.61. The summed E-state index contributed by atoms with van der Waals surface area (Å²) in [6, 6.07) is 1.67. The monoisotopic (exact) mass is 231 g/mol. The second-order valence-corrected chi connectivity index (χ2v) is 5.28. The molecule has 6 heteroatoms. The third-order valence-corrected chi connectivity index (χ3v) is 2.65. The summed E-state index contributed by atoms with van der Waals surface area (Å²) in [5.74, 6) is 0. The van der Waals surface area contributed by atoms with Gasteiger partial charge in [0.15, 0.2) is 5.03 Å². The predicted octanol–water partition coefficient (Wildman–Crippen LogP) is 0.673. The van der Waals surface area contributed by atoms with Crippen molar-refractivity contribution in [1.29, 1.82) is 0 Å². The maximum Gasteiger partial charge on any atom is 0.164 e. The van der Waals surface area contributed by atoms with E-state index < -0.39 is 16.6 Å². The van der Waals surface area contributed by atoms with Gasteiger partial charge in [0.1, 0.15) is 16.6 Å². The molecule has 3 N–H and O–H groups in total. The summed E-state index contributed by atoms with van der Waals surface area (Å²) >= 11 is 0. The third kappa shape index (κ3) is 2.64. The van der Waals surface area contributed by atoms with E-state index in [1.54, 1.807) is 24.6 Å².